The summed E-state index contributed by atoms with van der Waals surface area (Å²) < 4.78 is 0. The Balaban J connectivity index is 0.00000225. The molecule has 0 aliphatic carbocycles. The summed E-state index contributed by atoms with van der Waals surface area (Å²) in [7, 11) is 0.0636. The maximum Gasteiger partial charge on any atom is 0.00830 e. The van der Waals surface area contributed by atoms with Crippen LogP contribution >= 0.6 is 19.3 Å². The van der Waals surface area contributed by atoms with Crippen LogP contribution in [0, 0.1) is 0 Å². The second-order valence-electron chi connectivity index (χ2n) is 4.30. The Bertz CT molecular complexity index is 283. The molecule has 0 saturated carbocycles. The molecule has 0 nitrogen and oxygen atoms in total. The molecule has 0 unspecified atom stereocenters. The number of rotatable bonds is 5. The number of allylic oxidation sites excluding steroid dienone is 1. The molecule has 0 radical (unpaired) electrons. The van der Waals surface area contributed by atoms with Gasteiger partial charge in [-0.2, -0.15) is 0 Å². The second kappa shape index (κ2) is 8.60. The molecule has 0 amide bonds. The molecule has 1 aromatic rings. The summed E-state index contributed by atoms with van der Waals surface area (Å²) >= 11 is 1.85. The molecule has 1 rings (SSSR count). The van der Waals surface area contributed by atoms with Crippen LogP contribution in [0.15, 0.2) is 29.4 Å². The van der Waals surface area contributed by atoms with Gasteiger partial charge in [0.1, 0.15) is 0 Å². The van der Waals surface area contributed by atoms with Crippen molar-refractivity contribution >= 4 is 19.3 Å². The van der Waals surface area contributed by atoms with E-state index >= 15 is 0 Å². The number of hydrogen-bond donors (Lipinski definition) is 0. The Morgan fingerprint density at radius 2 is 1.88 bits per heavy atom. The third-order valence-corrected chi connectivity index (χ3v) is 6.21. The molecule has 0 bridgehead atoms. The van der Waals surface area contributed by atoms with Crippen LogP contribution in [0.2, 0.25) is 0 Å². The molecule has 94 valence electrons. The predicted molar refractivity (Wildman–Crippen MR) is 74.4 cm³/mol. The average Bonchev–Trinajstić information content (AvgIpc) is 2.63. The molecular weight excluding hydrogens is 326 g/mol. The van der Waals surface area contributed by atoms with E-state index in [2.05, 4.69) is 57.1 Å². The van der Waals surface area contributed by atoms with Gasteiger partial charge in [-0.1, -0.05) is 53.6 Å². The van der Waals surface area contributed by atoms with Crippen molar-refractivity contribution in [2.24, 2.45) is 0 Å². The predicted octanol–water partition coefficient (Wildman–Crippen LogP) is 5.10. The first-order chi connectivity index (χ1) is 7.11. The molecule has 0 aliphatic rings. The summed E-state index contributed by atoms with van der Waals surface area (Å²) in [4.78, 5) is 1.47. The van der Waals surface area contributed by atoms with Gasteiger partial charge in [0.2, 0.25) is 0 Å². The Morgan fingerprint density at radius 1 is 1.25 bits per heavy atom. The zero-order valence-corrected chi connectivity index (χ0v) is 13.7. The molecule has 1 aromatic heterocycles. The molecule has 1 heterocycles. The van der Waals surface area contributed by atoms with Crippen molar-refractivity contribution in [1.82, 2.24) is 0 Å². The molecule has 0 N–H and O–H groups in total. The van der Waals surface area contributed by atoms with Gasteiger partial charge in [0, 0.05) is 31.7 Å². The minimum absolute atomic E-state index is 0. The van der Waals surface area contributed by atoms with Gasteiger partial charge >= 0.3 is 0 Å². The molecule has 16 heavy (non-hydrogen) atoms. The molecule has 0 spiro atoms. The first-order valence-electron chi connectivity index (χ1n) is 5.57. The third-order valence-electron chi connectivity index (χ3n) is 2.37. The first-order valence-corrected chi connectivity index (χ1v) is 8.00. The van der Waals surface area contributed by atoms with Crippen LogP contribution in [-0.2, 0) is 26.8 Å². The summed E-state index contributed by atoms with van der Waals surface area (Å²) in [6, 6.07) is 4.34. The van der Waals surface area contributed by atoms with Crippen molar-refractivity contribution in [2.75, 3.05) is 0 Å². The zero-order chi connectivity index (χ0) is 11.3. The van der Waals surface area contributed by atoms with Crippen LogP contribution < -0.4 is 0 Å². The van der Waals surface area contributed by atoms with E-state index in [9.17, 15) is 0 Å². The minimum atomic E-state index is 0. The van der Waals surface area contributed by atoms with Crippen molar-refractivity contribution in [2.45, 2.75) is 45.4 Å². The van der Waals surface area contributed by atoms with Gasteiger partial charge in [-0.15, -0.1) is 11.3 Å². The summed E-state index contributed by atoms with van der Waals surface area (Å²) in [6.07, 6.45) is 3.47. The van der Waals surface area contributed by atoms with E-state index in [1.807, 2.05) is 11.3 Å². The van der Waals surface area contributed by atoms with Crippen molar-refractivity contribution in [3.05, 3.63) is 34.3 Å². The molecule has 0 fully saturated rings. The van der Waals surface area contributed by atoms with Gasteiger partial charge in [0.05, 0.1) is 0 Å². The Hall–Kier alpha value is 0.532. The summed E-state index contributed by atoms with van der Waals surface area (Å²) in [5.74, 6) is 2.46. The molecule has 0 aromatic carbocycles. The van der Waals surface area contributed by atoms with Gasteiger partial charge in [-0.25, -0.2) is 0 Å². The van der Waals surface area contributed by atoms with E-state index < -0.39 is 0 Å². The largest absolute Gasteiger partial charge is 0.149 e. The van der Waals surface area contributed by atoms with Crippen LogP contribution in [0.5, 0.6) is 0 Å². The number of hydrogen-bond acceptors (Lipinski definition) is 1. The van der Waals surface area contributed by atoms with Crippen molar-refractivity contribution in [1.29, 1.82) is 0 Å². The van der Waals surface area contributed by atoms with Gasteiger partial charge in [-0.3, -0.25) is 0 Å². The normalized spacial score (nSPS) is 11.7. The van der Waals surface area contributed by atoms with Gasteiger partial charge in [0.25, 0.3) is 0 Å². The van der Waals surface area contributed by atoms with E-state index in [0.29, 0.717) is 0 Å². The molecule has 0 aliphatic heterocycles. The van der Waals surface area contributed by atoms with Crippen LogP contribution in [0.4, 0.5) is 0 Å². The van der Waals surface area contributed by atoms with Gasteiger partial charge < -0.3 is 0 Å². The van der Waals surface area contributed by atoms with Crippen molar-refractivity contribution < 1.29 is 20.4 Å². The van der Waals surface area contributed by atoms with Crippen LogP contribution in [0.1, 0.15) is 32.6 Å². The Morgan fingerprint density at radius 3 is 2.31 bits per heavy atom. The molecule has 3 heteroatoms. The van der Waals surface area contributed by atoms with Crippen molar-refractivity contribution in [3.8, 4) is 0 Å². The maximum absolute atomic E-state index is 2.46. The van der Waals surface area contributed by atoms with Gasteiger partial charge in [-0.05, 0) is 22.8 Å². The standard InChI is InChI=1S/C13H21PS.Pd/c1-11(2)14(12(3)4)9-5-7-13-8-6-10-15-13;/h5-6,8-12H,7H2,1-4H3;. The molecular formula is C13H21PPdS. The quantitative estimate of drug-likeness (QED) is 0.514. The average molecular weight is 347 g/mol. The summed E-state index contributed by atoms with van der Waals surface area (Å²) in [5.41, 5.74) is 1.61. The van der Waals surface area contributed by atoms with Gasteiger partial charge in [0.15, 0.2) is 0 Å². The van der Waals surface area contributed by atoms with Crippen molar-refractivity contribution in [3.63, 3.8) is 0 Å². The molecule has 0 saturated heterocycles. The Kier molecular flexibility index (Phi) is 8.88. The topological polar surface area (TPSA) is 0 Å². The third kappa shape index (κ3) is 5.74. The number of thiophene rings is 1. The van der Waals surface area contributed by atoms with E-state index in [4.69, 9.17) is 0 Å². The van der Waals surface area contributed by atoms with Crippen LogP contribution in [-0.4, -0.2) is 11.3 Å². The fraction of sp³-hybridized carbons (Fsp3) is 0.538. The molecule has 0 atom stereocenters. The monoisotopic (exact) mass is 346 g/mol. The van der Waals surface area contributed by atoms with E-state index in [0.717, 1.165) is 17.7 Å². The van der Waals surface area contributed by atoms with E-state index in [1.165, 1.54) is 4.88 Å². The smallest absolute Gasteiger partial charge is 0.00830 e. The zero-order valence-electron chi connectivity index (χ0n) is 10.4. The van der Waals surface area contributed by atoms with E-state index in [1.54, 1.807) is 0 Å². The van der Waals surface area contributed by atoms with Crippen LogP contribution in [0.3, 0.4) is 0 Å². The minimum Gasteiger partial charge on any atom is -0.149 e. The fourth-order valence-electron chi connectivity index (χ4n) is 1.66. The Labute approximate surface area is 119 Å². The first kappa shape index (κ1) is 16.5. The van der Waals surface area contributed by atoms with Crippen LogP contribution in [0.25, 0.3) is 0 Å². The van der Waals surface area contributed by atoms with E-state index in [-0.39, 0.29) is 28.3 Å². The summed E-state index contributed by atoms with van der Waals surface area (Å²) in [6.45, 7) is 9.34. The SMILES string of the molecule is CC(C)P(C=CCc1cccs1)C(C)C.[Pd]. The maximum atomic E-state index is 2.46. The second-order valence-corrected chi connectivity index (χ2v) is 8.59. The fourth-order valence-corrected chi connectivity index (χ4v) is 4.57. The summed E-state index contributed by atoms with van der Waals surface area (Å²) in [5, 5.41) is 2.15.